The maximum absolute atomic E-state index is 12.1. The summed E-state index contributed by atoms with van der Waals surface area (Å²) in [6.07, 6.45) is 4.98. The van der Waals surface area contributed by atoms with E-state index >= 15 is 0 Å². The molecule has 0 aliphatic heterocycles. The van der Waals surface area contributed by atoms with E-state index in [1.807, 2.05) is 19.1 Å². The molecule has 3 aromatic rings. The SMILES string of the molecule is CC(Nc1cc(=O)n(C)c2ccc(N)cc12)c1cnccn1. The molecule has 6 heteroatoms. The Hall–Kier alpha value is -2.89. The molecule has 6 nitrogen and oxygen atoms in total. The Bertz CT molecular complexity index is 873. The molecule has 2 aromatic heterocycles. The number of aromatic nitrogens is 3. The van der Waals surface area contributed by atoms with Gasteiger partial charge in [-0.1, -0.05) is 0 Å². The maximum atomic E-state index is 12.1. The summed E-state index contributed by atoms with van der Waals surface area (Å²) in [6, 6.07) is 7.00. The number of fused-ring (bicyclic) bond motifs is 1. The second-order valence-corrected chi connectivity index (χ2v) is 5.23. The van der Waals surface area contributed by atoms with Crippen molar-refractivity contribution >= 4 is 22.3 Å². The molecule has 0 amide bonds. The van der Waals surface area contributed by atoms with Crippen LogP contribution in [0.2, 0.25) is 0 Å². The van der Waals surface area contributed by atoms with E-state index in [2.05, 4.69) is 15.3 Å². The van der Waals surface area contributed by atoms with Gasteiger partial charge in [-0.2, -0.15) is 0 Å². The first-order chi connectivity index (χ1) is 10.6. The predicted octanol–water partition coefficient (Wildman–Crippen LogP) is 2.08. The lowest BCUT2D eigenvalue weighted by atomic mass is 10.1. The molecule has 0 saturated heterocycles. The number of nitrogens with one attached hydrogen (secondary N) is 1. The zero-order chi connectivity index (χ0) is 15.7. The van der Waals surface area contributed by atoms with Gasteiger partial charge in [0.2, 0.25) is 0 Å². The molecule has 3 N–H and O–H groups in total. The third kappa shape index (κ3) is 2.50. The molecule has 0 saturated carbocycles. The van der Waals surface area contributed by atoms with Gasteiger partial charge in [-0.3, -0.25) is 14.8 Å². The monoisotopic (exact) mass is 295 g/mol. The number of anilines is 2. The van der Waals surface area contributed by atoms with Crippen LogP contribution in [0.15, 0.2) is 47.7 Å². The number of nitrogens with zero attached hydrogens (tertiary/aromatic N) is 3. The molecule has 0 fully saturated rings. The fourth-order valence-electron chi connectivity index (χ4n) is 2.44. The predicted molar refractivity (Wildman–Crippen MR) is 87.7 cm³/mol. The van der Waals surface area contributed by atoms with E-state index in [0.717, 1.165) is 22.3 Å². The molecule has 0 aliphatic rings. The summed E-state index contributed by atoms with van der Waals surface area (Å²) in [5.74, 6) is 0. The first-order valence-corrected chi connectivity index (χ1v) is 6.98. The minimum atomic E-state index is -0.0783. The summed E-state index contributed by atoms with van der Waals surface area (Å²) in [4.78, 5) is 20.5. The molecule has 112 valence electrons. The van der Waals surface area contributed by atoms with E-state index in [-0.39, 0.29) is 11.6 Å². The highest BCUT2D eigenvalue weighted by Crippen LogP contribution is 2.26. The molecule has 3 rings (SSSR count). The quantitative estimate of drug-likeness (QED) is 0.723. The summed E-state index contributed by atoms with van der Waals surface area (Å²) in [7, 11) is 1.75. The van der Waals surface area contributed by atoms with E-state index in [1.54, 1.807) is 42.3 Å². The minimum absolute atomic E-state index is 0.0777. The van der Waals surface area contributed by atoms with Gasteiger partial charge in [0.25, 0.3) is 5.56 Å². The summed E-state index contributed by atoms with van der Waals surface area (Å²) in [5, 5.41) is 4.23. The smallest absolute Gasteiger partial charge is 0.252 e. The molecule has 0 aliphatic carbocycles. The molecule has 0 radical (unpaired) electrons. The number of pyridine rings is 1. The molecule has 0 spiro atoms. The van der Waals surface area contributed by atoms with Crippen molar-refractivity contribution in [3.05, 3.63) is 58.9 Å². The number of rotatable bonds is 3. The topological polar surface area (TPSA) is 85.8 Å². The largest absolute Gasteiger partial charge is 0.399 e. The number of hydrogen-bond donors (Lipinski definition) is 2. The fourth-order valence-corrected chi connectivity index (χ4v) is 2.44. The van der Waals surface area contributed by atoms with Crippen molar-refractivity contribution in [2.24, 2.45) is 7.05 Å². The molecule has 1 unspecified atom stereocenters. The number of hydrogen-bond acceptors (Lipinski definition) is 5. The van der Waals surface area contributed by atoms with Crippen LogP contribution < -0.4 is 16.6 Å². The van der Waals surface area contributed by atoms with Crippen LogP contribution in [0.1, 0.15) is 18.7 Å². The lowest BCUT2D eigenvalue weighted by molar-refractivity contribution is 0.825. The zero-order valence-corrected chi connectivity index (χ0v) is 12.4. The lowest BCUT2D eigenvalue weighted by Crippen LogP contribution is -2.18. The van der Waals surface area contributed by atoms with Crippen LogP contribution in [0.5, 0.6) is 0 Å². The van der Waals surface area contributed by atoms with Crippen LogP contribution in [0.25, 0.3) is 10.9 Å². The van der Waals surface area contributed by atoms with Crippen molar-refractivity contribution in [2.75, 3.05) is 11.1 Å². The van der Waals surface area contributed by atoms with Crippen LogP contribution >= 0.6 is 0 Å². The maximum Gasteiger partial charge on any atom is 0.252 e. The van der Waals surface area contributed by atoms with Crippen molar-refractivity contribution in [2.45, 2.75) is 13.0 Å². The molecule has 2 heterocycles. The van der Waals surface area contributed by atoms with Crippen molar-refractivity contribution in [3.63, 3.8) is 0 Å². The first kappa shape index (κ1) is 14.1. The van der Waals surface area contributed by atoms with Crippen molar-refractivity contribution in [3.8, 4) is 0 Å². The normalized spacial score (nSPS) is 12.3. The number of benzene rings is 1. The van der Waals surface area contributed by atoms with Gasteiger partial charge < -0.3 is 15.6 Å². The third-order valence-corrected chi connectivity index (χ3v) is 3.67. The molecule has 22 heavy (non-hydrogen) atoms. The Kier molecular flexibility index (Phi) is 3.50. The van der Waals surface area contributed by atoms with Gasteiger partial charge in [-0.25, -0.2) is 0 Å². The Morgan fingerprint density at radius 1 is 1.27 bits per heavy atom. The highest BCUT2D eigenvalue weighted by molar-refractivity contribution is 5.93. The van der Waals surface area contributed by atoms with Gasteiger partial charge >= 0.3 is 0 Å². The Morgan fingerprint density at radius 3 is 2.82 bits per heavy atom. The van der Waals surface area contributed by atoms with E-state index in [0.29, 0.717) is 5.69 Å². The van der Waals surface area contributed by atoms with Gasteiger partial charge in [0.15, 0.2) is 0 Å². The summed E-state index contributed by atoms with van der Waals surface area (Å²) in [5.41, 5.74) is 8.84. The van der Waals surface area contributed by atoms with Gasteiger partial charge in [-0.05, 0) is 25.1 Å². The second kappa shape index (κ2) is 5.48. The lowest BCUT2D eigenvalue weighted by Gasteiger charge is -2.17. The molecule has 0 bridgehead atoms. The fraction of sp³-hybridized carbons (Fsp3) is 0.188. The van der Waals surface area contributed by atoms with Gasteiger partial charge in [0, 0.05) is 42.3 Å². The highest BCUT2D eigenvalue weighted by atomic mass is 16.1. The van der Waals surface area contributed by atoms with Gasteiger partial charge in [0.1, 0.15) is 0 Å². The standard InChI is InChI=1S/C16H17N5O/c1-10(14-9-18-5-6-19-14)20-13-8-16(22)21(2)15-4-3-11(17)7-12(13)15/h3-10,20H,17H2,1-2H3. The van der Waals surface area contributed by atoms with Crippen LogP contribution in [0.3, 0.4) is 0 Å². The summed E-state index contributed by atoms with van der Waals surface area (Å²) >= 11 is 0. The van der Waals surface area contributed by atoms with E-state index in [4.69, 9.17) is 5.73 Å². The minimum Gasteiger partial charge on any atom is -0.399 e. The van der Waals surface area contributed by atoms with Crippen LogP contribution in [-0.2, 0) is 7.05 Å². The van der Waals surface area contributed by atoms with Crippen molar-refractivity contribution < 1.29 is 0 Å². The van der Waals surface area contributed by atoms with Crippen molar-refractivity contribution in [1.82, 2.24) is 14.5 Å². The number of nitrogen functional groups attached to an aromatic ring is 1. The molecular formula is C16H17N5O. The third-order valence-electron chi connectivity index (χ3n) is 3.67. The van der Waals surface area contributed by atoms with E-state index in [9.17, 15) is 4.79 Å². The summed E-state index contributed by atoms with van der Waals surface area (Å²) < 4.78 is 1.60. The van der Waals surface area contributed by atoms with Crippen LogP contribution in [0.4, 0.5) is 11.4 Å². The van der Waals surface area contributed by atoms with Crippen molar-refractivity contribution in [1.29, 1.82) is 0 Å². The summed E-state index contributed by atoms with van der Waals surface area (Å²) in [6.45, 7) is 1.97. The van der Waals surface area contributed by atoms with Crippen LogP contribution in [0, 0.1) is 0 Å². The van der Waals surface area contributed by atoms with E-state index < -0.39 is 0 Å². The zero-order valence-electron chi connectivity index (χ0n) is 12.4. The Labute approximate surface area is 127 Å². The average Bonchev–Trinajstić information content (AvgIpc) is 2.53. The highest BCUT2D eigenvalue weighted by Gasteiger charge is 2.11. The number of aryl methyl sites for hydroxylation is 1. The molecule has 1 atom stereocenters. The van der Waals surface area contributed by atoms with E-state index in [1.165, 1.54) is 0 Å². The average molecular weight is 295 g/mol. The van der Waals surface area contributed by atoms with Gasteiger partial charge in [-0.15, -0.1) is 0 Å². The first-order valence-electron chi connectivity index (χ1n) is 6.98. The molecular weight excluding hydrogens is 278 g/mol. The Balaban J connectivity index is 2.09. The second-order valence-electron chi connectivity index (χ2n) is 5.23. The van der Waals surface area contributed by atoms with Gasteiger partial charge in [0.05, 0.1) is 23.4 Å². The van der Waals surface area contributed by atoms with Crippen LogP contribution in [-0.4, -0.2) is 14.5 Å². The molecule has 1 aromatic carbocycles. The number of nitrogens with two attached hydrogens (primary N) is 1. The Morgan fingerprint density at radius 2 is 2.09 bits per heavy atom.